The minimum Gasteiger partial charge on any atom is -0.297 e. The number of halogens is 3. The first kappa shape index (κ1) is 10.5. The minimum absolute atomic E-state index is 0.191. The van der Waals surface area contributed by atoms with E-state index in [1.54, 1.807) is 6.07 Å². The van der Waals surface area contributed by atoms with Gasteiger partial charge in [-0.1, -0.05) is 0 Å². The molecule has 0 saturated heterocycles. The van der Waals surface area contributed by atoms with E-state index in [0.717, 1.165) is 0 Å². The fraction of sp³-hybridized carbons (Fsp3) is 0.429. The van der Waals surface area contributed by atoms with Gasteiger partial charge in [0.1, 0.15) is 0 Å². The van der Waals surface area contributed by atoms with Gasteiger partial charge in [-0.05, 0) is 0 Å². The third kappa shape index (κ3) is 3.62. The van der Waals surface area contributed by atoms with E-state index in [2.05, 4.69) is 4.85 Å². The standard InChI is InChI=1S/C7H5F3N2/c1-12-5(4-11)2-3-6(8)7(9)10/h5H,2-3H2. The molecule has 0 aromatic heterocycles. The highest BCUT2D eigenvalue weighted by molar-refractivity contribution is 5.02. The van der Waals surface area contributed by atoms with E-state index < -0.39 is 24.4 Å². The van der Waals surface area contributed by atoms with E-state index in [1.807, 2.05) is 0 Å². The maximum atomic E-state index is 12.1. The zero-order chi connectivity index (χ0) is 9.56. The molecule has 0 aliphatic rings. The van der Waals surface area contributed by atoms with Crippen molar-refractivity contribution in [3.05, 3.63) is 23.3 Å². The Morgan fingerprint density at radius 3 is 2.42 bits per heavy atom. The zero-order valence-electron chi connectivity index (χ0n) is 6.02. The Bertz CT molecular complexity index is 241. The summed E-state index contributed by atoms with van der Waals surface area (Å²) in [5, 5.41) is 8.19. The number of hydrogen-bond acceptors (Lipinski definition) is 1. The fourth-order valence-electron chi connectivity index (χ4n) is 0.516. The molecule has 5 heteroatoms. The summed E-state index contributed by atoms with van der Waals surface area (Å²) in [6, 6.07) is 0.525. The Hall–Kier alpha value is -1.49. The number of nitriles is 1. The predicted octanol–water partition coefficient (Wildman–Crippen LogP) is 2.66. The second-order valence-corrected chi connectivity index (χ2v) is 1.98. The van der Waals surface area contributed by atoms with Crippen LogP contribution in [0.15, 0.2) is 11.9 Å². The van der Waals surface area contributed by atoms with Gasteiger partial charge in [0, 0.05) is 12.8 Å². The lowest BCUT2D eigenvalue weighted by Crippen LogP contribution is -1.97. The van der Waals surface area contributed by atoms with Crippen LogP contribution in [-0.4, -0.2) is 6.04 Å². The molecule has 0 aliphatic carbocycles. The third-order valence-electron chi connectivity index (χ3n) is 1.15. The summed E-state index contributed by atoms with van der Waals surface area (Å²) < 4.78 is 34.9. The van der Waals surface area contributed by atoms with E-state index in [0.29, 0.717) is 0 Å². The van der Waals surface area contributed by atoms with Gasteiger partial charge in [-0.25, -0.2) is 11.0 Å². The molecule has 0 aliphatic heterocycles. The lowest BCUT2D eigenvalue weighted by atomic mass is 10.2. The summed E-state index contributed by atoms with van der Waals surface area (Å²) in [5.74, 6) is -1.54. The molecule has 0 saturated carbocycles. The van der Waals surface area contributed by atoms with Crippen molar-refractivity contribution in [2.45, 2.75) is 18.9 Å². The van der Waals surface area contributed by atoms with Crippen LogP contribution in [0.2, 0.25) is 0 Å². The molecular weight excluding hydrogens is 169 g/mol. The predicted molar refractivity (Wildman–Crippen MR) is 35.6 cm³/mol. The van der Waals surface area contributed by atoms with Gasteiger partial charge < -0.3 is 0 Å². The summed E-state index contributed by atoms with van der Waals surface area (Å²) in [4.78, 5) is 2.79. The Morgan fingerprint density at radius 2 is 2.08 bits per heavy atom. The van der Waals surface area contributed by atoms with Gasteiger partial charge in [0.25, 0.3) is 0 Å². The molecule has 12 heavy (non-hydrogen) atoms. The van der Waals surface area contributed by atoms with Gasteiger partial charge in [-0.3, -0.25) is 4.85 Å². The van der Waals surface area contributed by atoms with Gasteiger partial charge in [0.05, 0.1) is 0 Å². The summed E-state index contributed by atoms with van der Waals surface area (Å²) in [5.41, 5.74) is 0. The molecule has 1 unspecified atom stereocenters. The molecule has 0 amide bonds. The van der Waals surface area contributed by atoms with Crippen molar-refractivity contribution in [1.29, 1.82) is 5.26 Å². The maximum Gasteiger partial charge on any atom is 0.307 e. The normalized spacial score (nSPS) is 11.1. The van der Waals surface area contributed by atoms with Crippen molar-refractivity contribution >= 4 is 0 Å². The van der Waals surface area contributed by atoms with E-state index in [1.165, 1.54) is 0 Å². The summed E-state index contributed by atoms with van der Waals surface area (Å²) in [6.45, 7) is 6.39. The molecule has 0 rings (SSSR count). The van der Waals surface area contributed by atoms with Crippen LogP contribution in [0.1, 0.15) is 12.8 Å². The van der Waals surface area contributed by atoms with Crippen LogP contribution in [0.5, 0.6) is 0 Å². The molecule has 0 N–H and O–H groups in total. The molecule has 0 aromatic rings. The summed E-state index contributed by atoms with van der Waals surface area (Å²) in [6.07, 6.45) is -3.12. The van der Waals surface area contributed by atoms with Gasteiger partial charge in [0.15, 0.2) is 11.9 Å². The van der Waals surface area contributed by atoms with Crippen LogP contribution in [0.25, 0.3) is 4.85 Å². The first-order valence-electron chi connectivity index (χ1n) is 3.07. The van der Waals surface area contributed by atoms with Gasteiger partial charge in [-0.15, -0.1) is 0 Å². The molecular formula is C7H5F3N2. The Balaban J connectivity index is 3.95. The van der Waals surface area contributed by atoms with E-state index in [9.17, 15) is 13.2 Å². The third-order valence-corrected chi connectivity index (χ3v) is 1.15. The first-order valence-corrected chi connectivity index (χ1v) is 3.07. The van der Waals surface area contributed by atoms with Crippen LogP contribution >= 0.6 is 0 Å². The highest BCUT2D eigenvalue weighted by Crippen LogP contribution is 2.16. The van der Waals surface area contributed by atoms with E-state index in [-0.39, 0.29) is 6.42 Å². The van der Waals surface area contributed by atoms with E-state index >= 15 is 0 Å². The Kier molecular flexibility index (Phi) is 4.55. The molecule has 1 atom stereocenters. The van der Waals surface area contributed by atoms with Crippen molar-refractivity contribution in [2.24, 2.45) is 0 Å². The van der Waals surface area contributed by atoms with Gasteiger partial charge in [0.2, 0.25) is 0 Å². The van der Waals surface area contributed by atoms with Crippen LogP contribution in [0.4, 0.5) is 13.2 Å². The molecule has 0 fully saturated rings. The van der Waals surface area contributed by atoms with Crippen LogP contribution in [-0.2, 0) is 0 Å². The molecule has 0 radical (unpaired) electrons. The number of hydrogen-bond donors (Lipinski definition) is 0. The molecule has 64 valence electrons. The zero-order valence-corrected chi connectivity index (χ0v) is 6.02. The second kappa shape index (κ2) is 5.20. The average Bonchev–Trinajstić information content (AvgIpc) is 2.05. The number of rotatable bonds is 3. The number of allylic oxidation sites excluding steroid dienone is 1. The van der Waals surface area contributed by atoms with Gasteiger partial charge >= 0.3 is 12.1 Å². The van der Waals surface area contributed by atoms with Crippen LogP contribution < -0.4 is 0 Å². The summed E-state index contributed by atoms with van der Waals surface area (Å²) >= 11 is 0. The molecule has 0 bridgehead atoms. The highest BCUT2D eigenvalue weighted by Gasteiger charge is 2.13. The van der Waals surface area contributed by atoms with Crippen molar-refractivity contribution in [2.75, 3.05) is 0 Å². The minimum atomic E-state index is -2.38. The quantitative estimate of drug-likeness (QED) is 0.604. The first-order chi connectivity index (χ1) is 5.61. The lowest BCUT2D eigenvalue weighted by molar-refractivity contribution is 0.368. The highest BCUT2D eigenvalue weighted by atomic mass is 19.3. The van der Waals surface area contributed by atoms with Crippen LogP contribution in [0.3, 0.4) is 0 Å². The monoisotopic (exact) mass is 174 g/mol. The van der Waals surface area contributed by atoms with E-state index in [4.69, 9.17) is 11.8 Å². The molecule has 0 spiro atoms. The largest absolute Gasteiger partial charge is 0.307 e. The maximum absolute atomic E-state index is 12.1. The molecule has 0 heterocycles. The van der Waals surface area contributed by atoms with Crippen molar-refractivity contribution in [3.8, 4) is 6.07 Å². The lowest BCUT2D eigenvalue weighted by Gasteiger charge is -1.93. The SMILES string of the molecule is [C-]#[N+]C(C#N)CCC(F)=C(F)F. The molecule has 2 nitrogen and oxygen atoms in total. The van der Waals surface area contributed by atoms with Crippen molar-refractivity contribution < 1.29 is 13.2 Å². The average molecular weight is 174 g/mol. The second-order valence-electron chi connectivity index (χ2n) is 1.98. The van der Waals surface area contributed by atoms with Gasteiger partial charge in [-0.2, -0.15) is 14.0 Å². The van der Waals surface area contributed by atoms with Crippen molar-refractivity contribution in [1.82, 2.24) is 0 Å². The van der Waals surface area contributed by atoms with Crippen molar-refractivity contribution in [3.63, 3.8) is 0 Å². The smallest absolute Gasteiger partial charge is 0.297 e. The topological polar surface area (TPSA) is 28.1 Å². The fourth-order valence-corrected chi connectivity index (χ4v) is 0.516. The molecule has 0 aromatic carbocycles. The summed E-state index contributed by atoms with van der Waals surface area (Å²) in [7, 11) is 0. The Morgan fingerprint density at radius 1 is 1.50 bits per heavy atom. The Labute approximate surface area is 67.7 Å². The number of nitrogens with zero attached hydrogens (tertiary/aromatic N) is 2. The van der Waals surface area contributed by atoms with Crippen LogP contribution in [0, 0.1) is 17.9 Å².